The van der Waals surface area contributed by atoms with Gasteiger partial charge in [0.25, 0.3) is 0 Å². The van der Waals surface area contributed by atoms with E-state index in [9.17, 15) is 4.39 Å². The number of rotatable bonds is 6. The Kier molecular flexibility index (Phi) is 5.38. The first-order valence-corrected chi connectivity index (χ1v) is 5.68. The van der Waals surface area contributed by atoms with Gasteiger partial charge in [0.15, 0.2) is 11.6 Å². The number of halogens is 1. The van der Waals surface area contributed by atoms with Gasteiger partial charge in [-0.05, 0) is 30.0 Å². The molecule has 0 heterocycles. The monoisotopic (exact) mass is 241 g/mol. The average Bonchev–Trinajstić information content (AvgIpc) is 2.34. The van der Waals surface area contributed by atoms with Crippen LogP contribution in [0.25, 0.3) is 0 Å². The van der Waals surface area contributed by atoms with Crippen molar-refractivity contribution in [1.82, 2.24) is 0 Å². The minimum absolute atomic E-state index is 0.189. The van der Waals surface area contributed by atoms with Crippen LogP contribution in [0.2, 0.25) is 0 Å². The van der Waals surface area contributed by atoms with Crippen LogP contribution in [0.5, 0.6) is 5.75 Å². The van der Waals surface area contributed by atoms with E-state index in [1.807, 2.05) is 6.92 Å². The fourth-order valence-corrected chi connectivity index (χ4v) is 1.70. The molecule has 2 unspecified atom stereocenters. The van der Waals surface area contributed by atoms with Crippen LogP contribution < -0.4 is 10.5 Å². The van der Waals surface area contributed by atoms with E-state index in [1.54, 1.807) is 19.2 Å². The first-order chi connectivity index (χ1) is 8.10. The van der Waals surface area contributed by atoms with Crippen molar-refractivity contribution in [3.05, 3.63) is 29.6 Å². The molecule has 1 aromatic carbocycles. The Morgan fingerprint density at radius 3 is 2.59 bits per heavy atom. The fourth-order valence-electron chi connectivity index (χ4n) is 1.70. The van der Waals surface area contributed by atoms with Gasteiger partial charge < -0.3 is 15.2 Å². The molecule has 0 aliphatic carbocycles. The van der Waals surface area contributed by atoms with Crippen molar-refractivity contribution < 1.29 is 13.9 Å². The van der Waals surface area contributed by atoms with Crippen LogP contribution in [0.15, 0.2) is 18.2 Å². The van der Waals surface area contributed by atoms with Crippen LogP contribution in [-0.4, -0.2) is 20.8 Å². The van der Waals surface area contributed by atoms with E-state index in [0.717, 1.165) is 12.0 Å². The average molecular weight is 241 g/mol. The van der Waals surface area contributed by atoms with Gasteiger partial charge >= 0.3 is 0 Å². The first-order valence-electron chi connectivity index (χ1n) is 5.68. The molecule has 0 fully saturated rings. The summed E-state index contributed by atoms with van der Waals surface area (Å²) in [6.45, 7) is 2.69. The standard InChI is InChI=1S/C13H20FNO2/c1-9(6-7-16-2)13(15)10-4-5-12(17-3)11(14)8-10/h4-5,8-9,13H,6-7,15H2,1-3H3. The summed E-state index contributed by atoms with van der Waals surface area (Å²) in [5.41, 5.74) is 6.86. The largest absolute Gasteiger partial charge is 0.494 e. The highest BCUT2D eigenvalue weighted by Gasteiger charge is 2.16. The molecule has 17 heavy (non-hydrogen) atoms. The van der Waals surface area contributed by atoms with Crippen molar-refractivity contribution in [2.24, 2.45) is 11.7 Å². The van der Waals surface area contributed by atoms with Crippen LogP contribution in [0.3, 0.4) is 0 Å². The van der Waals surface area contributed by atoms with Crippen molar-refractivity contribution in [3.63, 3.8) is 0 Å². The van der Waals surface area contributed by atoms with Crippen LogP contribution in [0.1, 0.15) is 24.9 Å². The maximum atomic E-state index is 13.5. The predicted octanol–water partition coefficient (Wildman–Crippen LogP) is 2.51. The Morgan fingerprint density at radius 2 is 2.06 bits per heavy atom. The summed E-state index contributed by atoms with van der Waals surface area (Å²) in [6, 6.07) is 4.65. The molecule has 2 atom stereocenters. The predicted molar refractivity (Wildman–Crippen MR) is 65.5 cm³/mol. The van der Waals surface area contributed by atoms with Gasteiger partial charge in [-0.3, -0.25) is 0 Å². The summed E-state index contributed by atoms with van der Waals surface area (Å²) in [6.07, 6.45) is 0.852. The number of hydrogen-bond donors (Lipinski definition) is 1. The lowest BCUT2D eigenvalue weighted by atomic mass is 9.93. The number of benzene rings is 1. The van der Waals surface area contributed by atoms with Crippen molar-refractivity contribution in [3.8, 4) is 5.75 Å². The van der Waals surface area contributed by atoms with E-state index in [1.165, 1.54) is 13.2 Å². The summed E-state index contributed by atoms with van der Waals surface area (Å²) in [5.74, 6) is 0.104. The third kappa shape index (κ3) is 3.68. The Hall–Kier alpha value is -1.13. The van der Waals surface area contributed by atoms with Gasteiger partial charge in [-0.1, -0.05) is 13.0 Å². The fraction of sp³-hybridized carbons (Fsp3) is 0.538. The van der Waals surface area contributed by atoms with Gasteiger partial charge in [-0.25, -0.2) is 4.39 Å². The van der Waals surface area contributed by atoms with Crippen molar-refractivity contribution >= 4 is 0 Å². The van der Waals surface area contributed by atoms with Gasteiger partial charge in [0.05, 0.1) is 7.11 Å². The summed E-state index contributed by atoms with van der Waals surface area (Å²) in [7, 11) is 3.10. The zero-order valence-electron chi connectivity index (χ0n) is 10.6. The van der Waals surface area contributed by atoms with Crippen LogP contribution in [0.4, 0.5) is 4.39 Å². The summed E-state index contributed by atoms with van der Waals surface area (Å²) in [5, 5.41) is 0. The second kappa shape index (κ2) is 6.57. The number of methoxy groups -OCH3 is 2. The molecular weight excluding hydrogens is 221 g/mol. The van der Waals surface area contributed by atoms with E-state index in [-0.39, 0.29) is 23.5 Å². The Bertz CT molecular complexity index is 357. The molecule has 0 bridgehead atoms. The second-order valence-electron chi connectivity index (χ2n) is 4.18. The van der Waals surface area contributed by atoms with E-state index in [2.05, 4.69) is 0 Å². The molecule has 0 radical (unpaired) electrons. The zero-order chi connectivity index (χ0) is 12.8. The highest BCUT2D eigenvalue weighted by Crippen LogP contribution is 2.26. The molecule has 4 heteroatoms. The Labute approximate surface area is 102 Å². The molecular formula is C13H20FNO2. The third-order valence-electron chi connectivity index (χ3n) is 2.95. The molecule has 0 aliphatic heterocycles. The minimum Gasteiger partial charge on any atom is -0.494 e. The Balaban J connectivity index is 2.74. The Morgan fingerprint density at radius 1 is 1.35 bits per heavy atom. The molecule has 0 aliphatic rings. The van der Waals surface area contributed by atoms with Gasteiger partial charge in [0.2, 0.25) is 0 Å². The molecule has 2 N–H and O–H groups in total. The molecule has 1 rings (SSSR count). The molecule has 0 saturated carbocycles. The molecule has 0 saturated heterocycles. The smallest absolute Gasteiger partial charge is 0.165 e. The van der Waals surface area contributed by atoms with Gasteiger partial charge in [0.1, 0.15) is 0 Å². The lowest BCUT2D eigenvalue weighted by Crippen LogP contribution is -2.20. The minimum atomic E-state index is -0.376. The molecule has 0 spiro atoms. The van der Waals surface area contributed by atoms with Gasteiger partial charge in [0, 0.05) is 19.8 Å². The molecule has 3 nitrogen and oxygen atoms in total. The normalized spacial score (nSPS) is 14.4. The van der Waals surface area contributed by atoms with Crippen LogP contribution >= 0.6 is 0 Å². The molecule has 0 amide bonds. The summed E-state index contributed by atoms with van der Waals surface area (Å²) in [4.78, 5) is 0. The van der Waals surface area contributed by atoms with Crippen LogP contribution in [-0.2, 0) is 4.74 Å². The number of ether oxygens (including phenoxy) is 2. The van der Waals surface area contributed by atoms with E-state index in [0.29, 0.717) is 6.61 Å². The van der Waals surface area contributed by atoms with Crippen molar-refractivity contribution in [2.75, 3.05) is 20.8 Å². The van der Waals surface area contributed by atoms with Crippen LogP contribution in [0, 0.1) is 11.7 Å². The lowest BCUT2D eigenvalue weighted by Gasteiger charge is -2.20. The van der Waals surface area contributed by atoms with Gasteiger partial charge in [-0.2, -0.15) is 0 Å². The van der Waals surface area contributed by atoms with E-state index >= 15 is 0 Å². The third-order valence-corrected chi connectivity index (χ3v) is 2.95. The SMILES string of the molecule is COCCC(C)C(N)c1ccc(OC)c(F)c1. The lowest BCUT2D eigenvalue weighted by molar-refractivity contribution is 0.174. The van der Waals surface area contributed by atoms with Crippen molar-refractivity contribution in [2.45, 2.75) is 19.4 Å². The number of hydrogen-bond acceptors (Lipinski definition) is 3. The molecule has 0 aromatic heterocycles. The quantitative estimate of drug-likeness (QED) is 0.832. The zero-order valence-corrected chi connectivity index (χ0v) is 10.6. The maximum absolute atomic E-state index is 13.5. The highest BCUT2D eigenvalue weighted by atomic mass is 19.1. The summed E-state index contributed by atoms with van der Waals surface area (Å²) < 4.78 is 23.4. The summed E-state index contributed by atoms with van der Waals surface area (Å²) >= 11 is 0. The molecule has 1 aromatic rings. The topological polar surface area (TPSA) is 44.5 Å². The second-order valence-corrected chi connectivity index (χ2v) is 4.18. The highest BCUT2D eigenvalue weighted by molar-refractivity contribution is 5.31. The first kappa shape index (κ1) is 13.9. The van der Waals surface area contributed by atoms with Crippen molar-refractivity contribution in [1.29, 1.82) is 0 Å². The maximum Gasteiger partial charge on any atom is 0.165 e. The number of nitrogens with two attached hydrogens (primary N) is 1. The van der Waals surface area contributed by atoms with E-state index in [4.69, 9.17) is 15.2 Å². The van der Waals surface area contributed by atoms with E-state index < -0.39 is 0 Å². The molecule has 96 valence electrons. The van der Waals surface area contributed by atoms with Gasteiger partial charge in [-0.15, -0.1) is 0 Å².